The van der Waals surface area contributed by atoms with Crippen LogP contribution in [0, 0.1) is 6.92 Å². The van der Waals surface area contributed by atoms with Gasteiger partial charge in [-0.15, -0.1) is 0 Å². The second-order valence-electron chi connectivity index (χ2n) is 7.71. The first kappa shape index (κ1) is 19.2. The van der Waals surface area contributed by atoms with Gasteiger partial charge in [0.1, 0.15) is 0 Å². The maximum atomic E-state index is 4.77. The van der Waals surface area contributed by atoms with Crippen molar-refractivity contribution in [3.05, 3.63) is 29.6 Å². The van der Waals surface area contributed by atoms with E-state index in [-0.39, 0.29) is 0 Å². The molecule has 0 atom stereocenters. The number of aromatic nitrogens is 1. The van der Waals surface area contributed by atoms with E-state index in [2.05, 4.69) is 40.4 Å². The van der Waals surface area contributed by atoms with E-state index in [9.17, 15) is 0 Å². The molecule has 0 amide bonds. The highest BCUT2D eigenvalue weighted by Gasteiger charge is 2.26. The molecule has 1 aromatic heterocycles. The molecule has 0 bridgehead atoms. The summed E-state index contributed by atoms with van der Waals surface area (Å²) in [4.78, 5) is 12.0. The second kappa shape index (κ2) is 9.91. The van der Waals surface area contributed by atoms with Crippen LogP contribution < -0.4 is 10.6 Å². The highest BCUT2D eigenvalue weighted by atomic mass is 15.2. The fraction of sp³-hybridized carbons (Fsp3) is 0.714. The van der Waals surface area contributed by atoms with Gasteiger partial charge in [0.15, 0.2) is 5.96 Å². The van der Waals surface area contributed by atoms with Gasteiger partial charge in [-0.3, -0.25) is 4.98 Å². The van der Waals surface area contributed by atoms with Crippen LogP contribution in [0.4, 0.5) is 0 Å². The van der Waals surface area contributed by atoms with Crippen LogP contribution in [0.15, 0.2) is 23.3 Å². The van der Waals surface area contributed by atoms with E-state index in [1.165, 1.54) is 63.6 Å². The summed E-state index contributed by atoms with van der Waals surface area (Å²) in [6.07, 6.45) is 11.4. The zero-order valence-electron chi connectivity index (χ0n) is 16.5. The molecular formula is C21H35N5. The van der Waals surface area contributed by atoms with Gasteiger partial charge >= 0.3 is 0 Å². The van der Waals surface area contributed by atoms with Gasteiger partial charge in [-0.05, 0) is 51.2 Å². The van der Waals surface area contributed by atoms with Gasteiger partial charge < -0.3 is 15.5 Å². The first-order valence-electron chi connectivity index (χ1n) is 10.5. The SMILES string of the molecule is CCNC(=NCc1ncccc1C)NC1CCN(C2CCCCC2)CC1. The Labute approximate surface area is 158 Å². The third-order valence-electron chi connectivity index (χ3n) is 5.81. The van der Waals surface area contributed by atoms with Crippen LogP contribution in [-0.2, 0) is 6.54 Å². The van der Waals surface area contributed by atoms with Crippen molar-refractivity contribution < 1.29 is 0 Å². The third kappa shape index (κ3) is 5.44. The zero-order valence-corrected chi connectivity index (χ0v) is 16.5. The summed E-state index contributed by atoms with van der Waals surface area (Å²) in [5.41, 5.74) is 2.25. The van der Waals surface area contributed by atoms with Crippen LogP contribution in [0.25, 0.3) is 0 Å². The van der Waals surface area contributed by atoms with E-state index >= 15 is 0 Å². The number of nitrogens with zero attached hydrogens (tertiary/aromatic N) is 3. The number of nitrogens with one attached hydrogen (secondary N) is 2. The highest BCUT2D eigenvalue weighted by Crippen LogP contribution is 2.25. The first-order chi connectivity index (χ1) is 12.8. The monoisotopic (exact) mass is 357 g/mol. The Morgan fingerprint density at radius 3 is 2.65 bits per heavy atom. The largest absolute Gasteiger partial charge is 0.357 e. The summed E-state index contributed by atoms with van der Waals surface area (Å²) in [7, 11) is 0. The molecule has 1 saturated carbocycles. The average molecular weight is 358 g/mol. The molecule has 0 unspecified atom stereocenters. The maximum Gasteiger partial charge on any atom is 0.191 e. The number of rotatable bonds is 5. The lowest BCUT2D eigenvalue weighted by molar-refractivity contribution is 0.119. The van der Waals surface area contributed by atoms with Crippen LogP contribution in [0.3, 0.4) is 0 Å². The number of hydrogen-bond acceptors (Lipinski definition) is 3. The van der Waals surface area contributed by atoms with E-state index in [4.69, 9.17) is 4.99 Å². The Hall–Kier alpha value is -1.62. The fourth-order valence-electron chi connectivity index (χ4n) is 4.21. The van der Waals surface area contributed by atoms with Gasteiger partial charge in [0.2, 0.25) is 0 Å². The van der Waals surface area contributed by atoms with Gasteiger partial charge in [0.05, 0.1) is 12.2 Å². The first-order valence-corrected chi connectivity index (χ1v) is 10.5. The number of aryl methyl sites for hydroxylation is 1. The minimum Gasteiger partial charge on any atom is -0.357 e. The van der Waals surface area contributed by atoms with Gasteiger partial charge in [-0.2, -0.15) is 0 Å². The van der Waals surface area contributed by atoms with Crippen molar-refractivity contribution in [3.63, 3.8) is 0 Å². The summed E-state index contributed by atoms with van der Waals surface area (Å²) in [5, 5.41) is 7.05. The Kier molecular flexibility index (Phi) is 7.30. The molecule has 1 aliphatic heterocycles. The normalized spacial score (nSPS) is 20.9. The molecule has 5 nitrogen and oxygen atoms in total. The second-order valence-corrected chi connectivity index (χ2v) is 7.71. The maximum absolute atomic E-state index is 4.77. The molecule has 0 radical (unpaired) electrons. The third-order valence-corrected chi connectivity index (χ3v) is 5.81. The topological polar surface area (TPSA) is 52.6 Å². The molecule has 2 heterocycles. The molecular weight excluding hydrogens is 322 g/mol. The Balaban J connectivity index is 1.50. The van der Waals surface area contributed by atoms with Crippen molar-refractivity contribution in [3.8, 4) is 0 Å². The van der Waals surface area contributed by atoms with Gasteiger partial charge in [-0.25, -0.2) is 4.99 Å². The number of guanidine groups is 1. The summed E-state index contributed by atoms with van der Waals surface area (Å²) in [6.45, 7) is 8.17. The van der Waals surface area contributed by atoms with E-state index in [1.54, 1.807) is 0 Å². The van der Waals surface area contributed by atoms with Gasteiger partial charge in [0, 0.05) is 37.9 Å². The van der Waals surface area contributed by atoms with Crippen LogP contribution in [0.5, 0.6) is 0 Å². The zero-order chi connectivity index (χ0) is 18.2. The van der Waals surface area contributed by atoms with Crippen molar-refractivity contribution in [1.82, 2.24) is 20.5 Å². The standard InChI is InChI=1S/C21H35N5/c1-3-22-21(24-16-20-17(2)8-7-13-23-20)25-18-11-14-26(15-12-18)19-9-5-4-6-10-19/h7-8,13,18-19H,3-6,9-12,14-16H2,1-2H3,(H2,22,24,25). The van der Waals surface area contributed by atoms with E-state index < -0.39 is 0 Å². The molecule has 3 rings (SSSR count). The number of piperidine rings is 1. The minimum absolute atomic E-state index is 0.525. The summed E-state index contributed by atoms with van der Waals surface area (Å²) < 4.78 is 0. The molecule has 2 aliphatic rings. The molecule has 0 aromatic carbocycles. The van der Waals surface area contributed by atoms with Crippen molar-refractivity contribution >= 4 is 5.96 Å². The van der Waals surface area contributed by atoms with Crippen LogP contribution in [0.1, 0.15) is 63.1 Å². The van der Waals surface area contributed by atoms with Crippen molar-refractivity contribution in [2.75, 3.05) is 19.6 Å². The van der Waals surface area contributed by atoms with Gasteiger partial charge in [0.25, 0.3) is 0 Å². The molecule has 0 spiro atoms. The Morgan fingerprint density at radius 1 is 1.19 bits per heavy atom. The number of hydrogen-bond donors (Lipinski definition) is 2. The Morgan fingerprint density at radius 2 is 1.96 bits per heavy atom. The lowest BCUT2D eigenvalue weighted by Crippen LogP contribution is -2.51. The van der Waals surface area contributed by atoms with Crippen molar-refractivity contribution in [2.45, 2.75) is 77.4 Å². The smallest absolute Gasteiger partial charge is 0.191 e. The number of likely N-dealkylation sites (tertiary alicyclic amines) is 1. The van der Waals surface area contributed by atoms with E-state index in [0.717, 1.165) is 24.2 Å². The van der Waals surface area contributed by atoms with Crippen LogP contribution >= 0.6 is 0 Å². The number of aliphatic imine (C=N–C) groups is 1. The summed E-state index contributed by atoms with van der Waals surface area (Å²) >= 11 is 0. The Bertz CT molecular complexity index is 572. The molecule has 2 fully saturated rings. The summed E-state index contributed by atoms with van der Waals surface area (Å²) in [5.74, 6) is 0.925. The predicted molar refractivity (Wildman–Crippen MR) is 108 cm³/mol. The average Bonchev–Trinajstić information content (AvgIpc) is 2.69. The molecule has 1 aliphatic carbocycles. The molecule has 1 saturated heterocycles. The lowest BCUT2D eigenvalue weighted by atomic mass is 9.92. The minimum atomic E-state index is 0.525. The summed E-state index contributed by atoms with van der Waals surface area (Å²) in [6, 6.07) is 5.45. The fourth-order valence-corrected chi connectivity index (χ4v) is 4.21. The highest BCUT2D eigenvalue weighted by molar-refractivity contribution is 5.80. The van der Waals surface area contributed by atoms with E-state index in [0.29, 0.717) is 12.6 Å². The van der Waals surface area contributed by atoms with Crippen LogP contribution in [0.2, 0.25) is 0 Å². The molecule has 2 N–H and O–H groups in total. The predicted octanol–water partition coefficient (Wildman–Crippen LogP) is 3.24. The van der Waals surface area contributed by atoms with E-state index in [1.807, 2.05) is 12.3 Å². The molecule has 26 heavy (non-hydrogen) atoms. The molecule has 1 aromatic rings. The van der Waals surface area contributed by atoms with Crippen molar-refractivity contribution in [1.29, 1.82) is 0 Å². The number of pyridine rings is 1. The molecule has 144 valence electrons. The van der Waals surface area contributed by atoms with Crippen molar-refractivity contribution in [2.24, 2.45) is 4.99 Å². The van der Waals surface area contributed by atoms with Crippen LogP contribution in [-0.4, -0.2) is 47.6 Å². The lowest BCUT2D eigenvalue weighted by Gasteiger charge is -2.39. The van der Waals surface area contributed by atoms with Gasteiger partial charge in [-0.1, -0.05) is 25.3 Å². The molecule has 5 heteroatoms. The quantitative estimate of drug-likeness (QED) is 0.627.